The smallest absolute Gasteiger partial charge is 0.322 e. The van der Waals surface area contributed by atoms with Crippen molar-refractivity contribution >= 4 is 18.0 Å². The van der Waals surface area contributed by atoms with E-state index in [0.29, 0.717) is 31.0 Å². The van der Waals surface area contributed by atoms with E-state index in [-0.39, 0.29) is 13.1 Å². The van der Waals surface area contributed by atoms with Crippen molar-refractivity contribution in [1.82, 2.24) is 9.80 Å². The summed E-state index contributed by atoms with van der Waals surface area (Å²) in [5.41, 5.74) is -1.29. The molecule has 1 fully saturated rings. The Hall–Kier alpha value is -2.23. The predicted molar refractivity (Wildman–Crippen MR) is 78.7 cm³/mol. The molecule has 10 heteroatoms. The van der Waals surface area contributed by atoms with Crippen LogP contribution in [0.3, 0.4) is 0 Å². The molecule has 1 heterocycles. The van der Waals surface area contributed by atoms with E-state index in [1.165, 1.54) is 4.90 Å². The third kappa shape index (κ3) is 3.73. The first kappa shape index (κ1) is 19.1. The molecule has 0 aromatic heterocycles. The molecule has 1 aromatic rings. The van der Waals surface area contributed by atoms with Crippen LogP contribution in [0.1, 0.15) is 6.42 Å². The number of urea groups is 1. The molecular formula is C15H16F5N3O2. The minimum absolute atomic E-state index is 0.206. The molecule has 0 atom stereocenters. The lowest BCUT2D eigenvalue weighted by Crippen LogP contribution is -2.52. The van der Waals surface area contributed by atoms with Gasteiger partial charge in [-0.05, 0) is 0 Å². The highest BCUT2D eigenvalue weighted by Crippen LogP contribution is 2.30. The summed E-state index contributed by atoms with van der Waals surface area (Å²) in [6, 6.07) is -0.877. The molecule has 0 radical (unpaired) electrons. The van der Waals surface area contributed by atoms with Crippen molar-refractivity contribution in [1.29, 1.82) is 0 Å². The summed E-state index contributed by atoms with van der Waals surface area (Å²) in [6.45, 7) is 1.81. The van der Waals surface area contributed by atoms with Gasteiger partial charge in [-0.15, -0.1) is 0 Å². The van der Waals surface area contributed by atoms with Gasteiger partial charge >= 0.3 is 6.03 Å². The Kier molecular flexibility index (Phi) is 5.93. The van der Waals surface area contributed by atoms with Crippen LogP contribution < -0.4 is 4.90 Å². The minimum Gasteiger partial charge on any atom is -0.322 e. The molecule has 1 aliphatic rings. The first-order valence-electron chi connectivity index (χ1n) is 7.49. The van der Waals surface area contributed by atoms with Crippen molar-refractivity contribution in [3.63, 3.8) is 0 Å². The van der Waals surface area contributed by atoms with E-state index in [1.807, 2.05) is 4.90 Å². The van der Waals surface area contributed by atoms with Gasteiger partial charge < -0.3 is 9.69 Å². The van der Waals surface area contributed by atoms with Gasteiger partial charge in [0.15, 0.2) is 23.3 Å². The third-order valence-corrected chi connectivity index (χ3v) is 4.01. The van der Waals surface area contributed by atoms with Crippen LogP contribution >= 0.6 is 0 Å². The lowest BCUT2D eigenvalue weighted by atomic mass is 10.2. The van der Waals surface area contributed by atoms with Gasteiger partial charge in [-0.1, -0.05) is 0 Å². The lowest BCUT2D eigenvalue weighted by Gasteiger charge is -2.36. The summed E-state index contributed by atoms with van der Waals surface area (Å²) in [7, 11) is 0.944. The molecule has 2 amide bonds. The number of hydrogen-bond donors (Lipinski definition) is 0. The first-order chi connectivity index (χ1) is 11.8. The number of hydrogen-bond acceptors (Lipinski definition) is 3. The van der Waals surface area contributed by atoms with Crippen molar-refractivity contribution in [2.45, 2.75) is 6.42 Å². The second kappa shape index (κ2) is 7.77. The largest absolute Gasteiger partial charge is 0.324 e. The Morgan fingerprint density at radius 2 is 1.44 bits per heavy atom. The molecule has 0 saturated carbocycles. The molecule has 1 aliphatic heterocycles. The number of aldehydes is 1. The van der Waals surface area contributed by atoms with Crippen molar-refractivity contribution < 1.29 is 31.5 Å². The zero-order valence-corrected chi connectivity index (χ0v) is 13.4. The maximum Gasteiger partial charge on any atom is 0.324 e. The number of amides is 2. The molecular weight excluding hydrogens is 349 g/mol. The predicted octanol–water partition coefficient (Wildman–Crippen LogP) is 2.14. The van der Waals surface area contributed by atoms with Gasteiger partial charge in [0.25, 0.3) is 0 Å². The number of benzene rings is 1. The number of rotatable bonds is 4. The number of halogens is 5. The number of piperazine rings is 1. The van der Waals surface area contributed by atoms with E-state index in [2.05, 4.69) is 0 Å². The second-order valence-corrected chi connectivity index (χ2v) is 5.54. The standard InChI is InChI=1S/C15H16F5N3O2/c1-21(14-12(19)10(17)9(16)11(18)13(14)20)15(25)23-6-4-22(5-7-23)3-2-8-24/h8H,2-7H2,1H3. The molecule has 0 unspecified atom stereocenters. The van der Waals surface area contributed by atoms with Crippen molar-refractivity contribution in [2.75, 3.05) is 44.7 Å². The van der Waals surface area contributed by atoms with Crippen LogP contribution in [-0.4, -0.2) is 61.9 Å². The van der Waals surface area contributed by atoms with E-state index in [4.69, 9.17) is 0 Å². The summed E-state index contributed by atoms with van der Waals surface area (Å²) < 4.78 is 67.3. The van der Waals surface area contributed by atoms with Gasteiger partial charge in [0.1, 0.15) is 12.0 Å². The van der Waals surface area contributed by atoms with Gasteiger partial charge in [0, 0.05) is 46.2 Å². The first-order valence-corrected chi connectivity index (χ1v) is 7.49. The van der Waals surface area contributed by atoms with Gasteiger partial charge in [-0.25, -0.2) is 26.7 Å². The molecule has 0 bridgehead atoms. The van der Waals surface area contributed by atoms with E-state index in [1.54, 1.807) is 0 Å². The Bertz CT molecular complexity index is 649. The molecule has 25 heavy (non-hydrogen) atoms. The van der Waals surface area contributed by atoms with Crippen LogP contribution in [0, 0.1) is 29.1 Å². The topological polar surface area (TPSA) is 43.9 Å². The Labute approximate surface area is 140 Å². The van der Waals surface area contributed by atoms with Crippen molar-refractivity contribution in [3.05, 3.63) is 29.1 Å². The van der Waals surface area contributed by atoms with Crippen LogP contribution in [-0.2, 0) is 4.79 Å². The van der Waals surface area contributed by atoms with Crippen LogP contribution in [0.5, 0.6) is 0 Å². The lowest BCUT2D eigenvalue weighted by molar-refractivity contribution is -0.108. The molecule has 1 aromatic carbocycles. The normalized spacial score (nSPS) is 15.4. The van der Waals surface area contributed by atoms with Crippen LogP contribution in [0.2, 0.25) is 0 Å². The van der Waals surface area contributed by atoms with Crippen LogP contribution in [0.25, 0.3) is 0 Å². The molecule has 0 aliphatic carbocycles. The fourth-order valence-corrected chi connectivity index (χ4v) is 2.59. The average Bonchev–Trinajstić information content (AvgIpc) is 2.63. The highest BCUT2D eigenvalue weighted by Gasteiger charge is 2.32. The highest BCUT2D eigenvalue weighted by atomic mass is 19.2. The summed E-state index contributed by atoms with van der Waals surface area (Å²) in [5.74, 6) is -10.6. The Morgan fingerprint density at radius 3 is 1.92 bits per heavy atom. The van der Waals surface area contributed by atoms with Gasteiger partial charge in [-0.3, -0.25) is 9.80 Å². The maximum atomic E-state index is 13.8. The monoisotopic (exact) mass is 365 g/mol. The zero-order chi connectivity index (χ0) is 18.7. The number of carbonyl (C=O) groups excluding carboxylic acids is 2. The fraction of sp³-hybridized carbons (Fsp3) is 0.467. The molecule has 5 nitrogen and oxygen atoms in total. The summed E-state index contributed by atoms with van der Waals surface area (Å²) in [5, 5.41) is 0. The Balaban J connectivity index is 2.15. The maximum absolute atomic E-state index is 13.8. The number of nitrogens with zero attached hydrogens (tertiary/aromatic N) is 3. The number of anilines is 1. The quantitative estimate of drug-likeness (QED) is 0.355. The highest BCUT2D eigenvalue weighted by molar-refractivity contribution is 5.91. The molecule has 0 spiro atoms. The SMILES string of the molecule is CN(C(=O)N1CCN(CCC=O)CC1)c1c(F)c(F)c(F)c(F)c1F. The summed E-state index contributed by atoms with van der Waals surface area (Å²) in [6.07, 6.45) is 1.12. The van der Waals surface area contributed by atoms with Gasteiger partial charge in [0.2, 0.25) is 5.82 Å². The molecule has 2 rings (SSSR count). The van der Waals surface area contributed by atoms with Gasteiger partial charge in [-0.2, -0.15) is 0 Å². The van der Waals surface area contributed by atoms with Crippen LogP contribution in [0.15, 0.2) is 0 Å². The van der Waals surface area contributed by atoms with Crippen molar-refractivity contribution in [3.8, 4) is 0 Å². The zero-order valence-electron chi connectivity index (χ0n) is 13.4. The van der Waals surface area contributed by atoms with Crippen molar-refractivity contribution in [2.24, 2.45) is 0 Å². The number of carbonyl (C=O) groups is 2. The molecule has 138 valence electrons. The minimum atomic E-state index is -2.27. The Morgan fingerprint density at radius 1 is 0.960 bits per heavy atom. The van der Waals surface area contributed by atoms with Gasteiger partial charge in [0.05, 0.1) is 0 Å². The summed E-state index contributed by atoms with van der Waals surface area (Å²) in [4.78, 5) is 26.3. The molecule has 0 N–H and O–H groups in total. The van der Waals surface area contributed by atoms with E-state index in [0.717, 1.165) is 13.3 Å². The van der Waals surface area contributed by atoms with Crippen LogP contribution in [0.4, 0.5) is 32.4 Å². The summed E-state index contributed by atoms with van der Waals surface area (Å²) >= 11 is 0. The average molecular weight is 365 g/mol. The van der Waals surface area contributed by atoms with E-state index < -0.39 is 40.8 Å². The second-order valence-electron chi connectivity index (χ2n) is 5.54. The van der Waals surface area contributed by atoms with E-state index in [9.17, 15) is 31.5 Å². The molecule has 1 saturated heterocycles. The van der Waals surface area contributed by atoms with E-state index >= 15 is 0 Å². The third-order valence-electron chi connectivity index (χ3n) is 4.01. The fourth-order valence-electron chi connectivity index (χ4n) is 2.59.